The van der Waals surface area contributed by atoms with Gasteiger partial charge in [-0.15, -0.1) is 0 Å². The normalized spacial score (nSPS) is 20.5. The number of carbonyl (C=O) groups is 1. The maximum atomic E-state index is 12.9. The fourth-order valence-corrected chi connectivity index (χ4v) is 5.13. The summed E-state index contributed by atoms with van der Waals surface area (Å²) in [5.41, 5.74) is 1.96. The van der Waals surface area contributed by atoms with Crippen LogP contribution >= 0.6 is 0 Å². The Hall–Kier alpha value is -1.69. The van der Waals surface area contributed by atoms with Crippen LogP contribution in [0.2, 0.25) is 0 Å². The summed E-state index contributed by atoms with van der Waals surface area (Å²) < 4.78 is 39.1. The second kappa shape index (κ2) is 8.76. The van der Waals surface area contributed by atoms with Gasteiger partial charge in [0.1, 0.15) is 5.76 Å². The lowest BCUT2D eigenvalue weighted by Crippen LogP contribution is -2.57. The zero-order chi connectivity index (χ0) is 20.3. The summed E-state index contributed by atoms with van der Waals surface area (Å²) in [5.74, 6) is 0.812. The molecule has 2 aliphatic heterocycles. The molecule has 0 spiro atoms. The van der Waals surface area contributed by atoms with E-state index in [1.807, 2.05) is 13.8 Å². The van der Waals surface area contributed by atoms with Crippen LogP contribution in [0.3, 0.4) is 0 Å². The summed E-state index contributed by atoms with van der Waals surface area (Å²) in [7, 11) is -3.52. The number of hydrogen-bond acceptors (Lipinski definition) is 7. The van der Waals surface area contributed by atoms with Crippen LogP contribution in [-0.2, 0) is 21.5 Å². The lowest BCUT2D eigenvalue weighted by molar-refractivity contribution is 0.0915. The minimum absolute atomic E-state index is 0.292. The lowest BCUT2D eigenvalue weighted by atomic mass is 10.2. The Bertz CT molecular complexity index is 760. The van der Waals surface area contributed by atoms with E-state index in [2.05, 4.69) is 10.1 Å². The zero-order valence-electron chi connectivity index (χ0n) is 16.8. The number of aromatic nitrogens is 1. The van der Waals surface area contributed by atoms with E-state index in [4.69, 9.17) is 9.26 Å². The number of aryl methyl sites for hydroxylation is 2. The molecule has 0 saturated carbocycles. The first-order chi connectivity index (χ1) is 13.3. The Morgan fingerprint density at radius 3 is 2.11 bits per heavy atom. The van der Waals surface area contributed by atoms with Gasteiger partial charge < -0.3 is 14.2 Å². The molecule has 158 valence electrons. The van der Waals surface area contributed by atoms with Crippen molar-refractivity contribution in [3.8, 4) is 0 Å². The van der Waals surface area contributed by atoms with Crippen LogP contribution in [0.15, 0.2) is 4.52 Å². The van der Waals surface area contributed by atoms with Gasteiger partial charge in [0.05, 0.1) is 12.3 Å². The van der Waals surface area contributed by atoms with Crippen LogP contribution in [0.1, 0.15) is 23.9 Å². The Morgan fingerprint density at radius 2 is 1.61 bits per heavy atom. The number of amides is 1. The van der Waals surface area contributed by atoms with Crippen LogP contribution in [-0.4, -0.2) is 97.0 Å². The minimum Gasteiger partial charge on any atom is -0.450 e. The van der Waals surface area contributed by atoms with Crippen molar-refractivity contribution in [1.82, 2.24) is 23.6 Å². The van der Waals surface area contributed by atoms with Gasteiger partial charge in [-0.25, -0.2) is 4.79 Å². The predicted molar refractivity (Wildman–Crippen MR) is 102 cm³/mol. The molecule has 0 aromatic carbocycles. The van der Waals surface area contributed by atoms with E-state index < -0.39 is 10.2 Å². The summed E-state index contributed by atoms with van der Waals surface area (Å²) in [4.78, 5) is 15.6. The van der Waals surface area contributed by atoms with Crippen molar-refractivity contribution in [2.24, 2.45) is 0 Å². The first-order valence-electron chi connectivity index (χ1n) is 9.64. The van der Waals surface area contributed by atoms with Crippen molar-refractivity contribution in [2.45, 2.75) is 27.3 Å². The summed E-state index contributed by atoms with van der Waals surface area (Å²) >= 11 is 0. The maximum absolute atomic E-state index is 12.9. The molecule has 1 amide bonds. The number of rotatable bonds is 5. The smallest absolute Gasteiger partial charge is 0.409 e. The van der Waals surface area contributed by atoms with E-state index in [9.17, 15) is 13.2 Å². The molecule has 2 saturated heterocycles. The molecule has 1 aromatic rings. The Kier molecular flexibility index (Phi) is 6.58. The molecule has 0 radical (unpaired) electrons. The standard InChI is InChI=1S/C17H29N5O5S/c1-4-26-17(23)20-7-11-22(12-8-20)28(24,25)21-9-5-19(6-10-21)13-16-14(2)18-27-15(16)3/h4-13H2,1-3H3. The van der Waals surface area contributed by atoms with E-state index in [0.717, 1.165) is 17.0 Å². The van der Waals surface area contributed by atoms with Crippen molar-refractivity contribution in [3.05, 3.63) is 17.0 Å². The molecule has 0 unspecified atom stereocenters. The fraction of sp³-hybridized carbons (Fsp3) is 0.765. The van der Waals surface area contributed by atoms with Crippen molar-refractivity contribution < 1.29 is 22.5 Å². The molecule has 2 aliphatic rings. The van der Waals surface area contributed by atoms with Crippen LogP contribution in [0.5, 0.6) is 0 Å². The first kappa shape index (κ1) is 21.0. The van der Waals surface area contributed by atoms with Crippen molar-refractivity contribution in [1.29, 1.82) is 0 Å². The van der Waals surface area contributed by atoms with E-state index in [1.165, 1.54) is 8.61 Å². The third-order valence-corrected chi connectivity index (χ3v) is 7.35. The van der Waals surface area contributed by atoms with Gasteiger partial charge in [-0.05, 0) is 20.8 Å². The number of ether oxygens (including phenoxy) is 1. The summed E-state index contributed by atoms with van der Waals surface area (Å²) in [6, 6.07) is 0. The van der Waals surface area contributed by atoms with Crippen molar-refractivity contribution in [2.75, 3.05) is 59.0 Å². The minimum atomic E-state index is -3.52. The highest BCUT2D eigenvalue weighted by atomic mass is 32.2. The highest BCUT2D eigenvalue weighted by Crippen LogP contribution is 2.19. The largest absolute Gasteiger partial charge is 0.450 e. The maximum Gasteiger partial charge on any atom is 0.409 e. The van der Waals surface area contributed by atoms with Gasteiger partial charge in [-0.3, -0.25) is 4.90 Å². The molecule has 1 aromatic heterocycles. The molecule has 10 nitrogen and oxygen atoms in total. The number of nitrogens with zero attached hydrogens (tertiary/aromatic N) is 5. The van der Waals surface area contributed by atoms with Gasteiger partial charge >= 0.3 is 6.09 Å². The molecule has 0 aliphatic carbocycles. The monoisotopic (exact) mass is 415 g/mol. The third kappa shape index (κ3) is 4.48. The highest BCUT2D eigenvalue weighted by Gasteiger charge is 2.35. The number of carbonyl (C=O) groups excluding carboxylic acids is 1. The molecule has 11 heteroatoms. The van der Waals surface area contributed by atoms with Crippen molar-refractivity contribution in [3.63, 3.8) is 0 Å². The third-order valence-electron chi connectivity index (χ3n) is 5.31. The van der Waals surface area contributed by atoms with E-state index in [-0.39, 0.29) is 6.09 Å². The highest BCUT2D eigenvalue weighted by molar-refractivity contribution is 7.86. The SMILES string of the molecule is CCOC(=O)N1CCN(S(=O)(=O)N2CCN(Cc3c(C)noc3C)CC2)CC1. The van der Waals surface area contributed by atoms with Gasteiger partial charge in [0.15, 0.2) is 0 Å². The number of piperazine rings is 2. The van der Waals surface area contributed by atoms with Gasteiger partial charge in [-0.2, -0.15) is 17.0 Å². The van der Waals surface area contributed by atoms with Crippen LogP contribution < -0.4 is 0 Å². The average Bonchev–Trinajstić information content (AvgIpc) is 3.01. The molecule has 0 atom stereocenters. The van der Waals surface area contributed by atoms with Gasteiger partial charge in [0.2, 0.25) is 0 Å². The Balaban J connectivity index is 1.51. The lowest BCUT2D eigenvalue weighted by Gasteiger charge is -2.39. The average molecular weight is 416 g/mol. The Morgan fingerprint density at radius 1 is 1.04 bits per heavy atom. The molecular weight excluding hydrogens is 386 g/mol. The van der Waals surface area contributed by atoms with Gasteiger partial charge in [0, 0.05) is 64.5 Å². The summed E-state index contributed by atoms with van der Waals surface area (Å²) in [6.07, 6.45) is -0.382. The number of hydrogen-bond donors (Lipinski definition) is 0. The molecule has 0 bridgehead atoms. The predicted octanol–water partition coefficient (Wildman–Crippen LogP) is 0.428. The molecule has 2 fully saturated rings. The fourth-order valence-electron chi connectivity index (χ4n) is 3.55. The van der Waals surface area contributed by atoms with Gasteiger partial charge in [-0.1, -0.05) is 5.16 Å². The van der Waals surface area contributed by atoms with E-state index in [1.54, 1.807) is 11.8 Å². The van der Waals surface area contributed by atoms with E-state index in [0.29, 0.717) is 65.5 Å². The van der Waals surface area contributed by atoms with Crippen LogP contribution in [0, 0.1) is 13.8 Å². The van der Waals surface area contributed by atoms with Crippen molar-refractivity contribution >= 4 is 16.3 Å². The molecule has 3 rings (SSSR count). The molecule has 28 heavy (non-hydrogen) atoms. The Labute approximate surface area is 166 Å². The summed E-state index contributed by atoms with van der Waals surface area (Å²) in [5, 5.41) is 3.98. The second-order valence-corrected chi connectivity index (χ2v) is 9.00. The molecular formula is C17H29N5O5S. The van der Waals surface area contributed by atoms with Crippen LogP contribution in [0.25, 0.3) is 0 Å². The second-order valence-electron chi connectivity index (χ2n) is 7.07. The molecule has 3 heterocycles. The van der Waals surface area contributed by atoms with Gasteiger partial charge in [0.25, 0.3) is 10.2 Å². The first-order valence-corrected chi connectivity index (χ1v) is 11.0. The van der Waals surface area contributed by atoms with E-state index >= 15 is 0 Å². The topological polar surface area (TPSA) is 99.4 Å². The molecule has 0 N–H and O–H groups in total. The van der Waals surface area contributed by atoms with Crippen LogP contribution in [0.4, 0.5) is 4.79 Å². The zero-order valence-corrected chi connectivity index (χ0v) is 17.6. The quantitative estimate of drug-likeness (QED) is 0.687. The summed E-state index contributed by atoms with van der Waals surface area (Å²) in [6.45, 7) is 10.1.